The minimum atomic E-state index is -1.03. The number of carboxylic acid groups (broad SMARTS) is 1. The molecule has 43 heavy (non-hydrogen) atoms. The Bertz CT molecular complexity index is 984. The van der Waals surface area contributed by atoms with E-state index in [2.05, 4.69) is 19.2 Å². The zero-order valence-electron chi connectivity index (χ0n) is 28.8. The van der Waals surface area contributed by atoms with Crippen LogP contribution in [0.15, 0.2) is 30.3 Å². The normalized spacial score (nSPS) is 13.2. The first-order chi connectivity index (χ1) is 19.5. The highest BCUT2D eigenvalue weighted by Crippen LogP contribution is 2.37. The molecule has 248 valence electrons. The molecule has 2 amide bonds. The molecule has 0 fully saturated rings. The number of carbonyl (C=O) groups excluding carboxylic acids is 2. The molecule has 0 spiro atoms. The van der Waals surface area contributed by atoms with Gasteiger partial charge in [-0.1, -0.05) is 45.9 Å². The number of para-hydroxylation sites is 1. The predicted octanol–water partition coefficient (Wildman–Crippen LogP) is 5.78. The topological polar surface area (TPSA) is 142 Å². The van der Waals surface area contributed by atoms with Crippen LogP contribution in [-0.2, 0) is 19.1 Å². The van der Waals surface area contributed by atoms with Crippen molar-refractivity contribution in [3.05, 3.63) is 30.3 Å². The maximum absolute atomic E-state index is 13.8. The summed E-state index contributed by atoms with van der Waals surface area (Å²) in [6, 6.07) is 9.25. The van der Waals surface area contributed by atoms with E-state index in [1.807, 2.05) is 65.0 Å². The average Bonchev–Trinajstić information content (AvgIpc) is 2.83. The molecule has 1 aromatic rings. The second-order valence-corrected chi connectivity index (χ2v) is 14.7. The number of aliphatic hydroxyl groups is 1. The lowest BCUT2D eigenvalue weighted by Gasteiger charge is -2.39. The van der Waals surface area contributed by atoms with Crippen LogP contribution in [0.25, 0.3) is 0 Å². The summed E-state index contributed by atoms with van der Waals surface area (Å²) < 4.78 is 6.09. The number of rotatable bonds is 17. The number of carboxylic acids is 1. The van der Waals surface area contributed by atoms with Gasteiger partial charge in [-0.15, -0.1) is 0 Å². The van der Waals surface area contributed by atoms with Crippen molar-refractivity contribution in [2.45, 2.75) is 125 Å². The van der Waals surface area contributed by atoms with Crippen LogP contribution >= 0.6 is 0 Å². The van der Waals surface area contributed by atoms with Crippen LogP contribution < -0.4 is 16.0 Å². The van der Waals surface area contributed by atoms with Gasteiger partial charge in [-0.2, -0.15) is 0 Å². The molecule has 0 heterocycles. The third kappa shape index (κ3) is 16.8. The summed E-state index contributed by atoms with van der Waals surface area (Å²) in [5.74, 6) is -0.546. The van der Waals surface area contributed by atoms with Gasteiger partial charge in [0.25, 0.3) is 0 Å². The van der Waals surface area contributed by atoms with E-state index >= 15 is 0 Å². The largest absolute Gasteiger partial charge is 0.481 e. The molecule has 9 heteroatoms. The second-order valence-electron chi connectivity index (χ2n) is 14.7. The van der Waals surface area contributed by atoms with Gasteiger partial charge < -0.3 is 30.9 Å². The molecule has 0 aliphatic rings. The maximum atomic E-state index is 13.8. The zero-order valence-corrected chi connectivity index (χ0v) is 28.8. The van der Waals surface area contributed by atoms with Crippen molar-refractivity contribution in [1.82, 2.24) is 5.32 Å². The molecule has 0 bridgehead atoms. The van der Waals surface area contributed by atoms with E-state index in [-0.39, 0.29) is 42.8 Å². The van der Waals surface area contributed by atoms with Crippen molar-refractivity contribution in [1.29, 1.82) is 0 Å². The SMILES string of the molecule is CC(C)(N)CCO.CC(C)CCNC(=O)CC(C)(C)OCCC(C)N(C(=O)C(C)(C)CC(C)(C)C(=O)O)c1ccccc1. The van der Waals surface area contributed by atoms with E-state index in [9.17, 15) is 19.5 Å². The Morgan fingerprint density at radius 2 is 1.49 bits per heavy atom. The van der Waals surface area contributed by atoms with Crippen molar-refractivity contribution < 1.29 is 29.3 Å². The van der Waals surface area contributed by atoms with Crippen molar-refractivity contribution in [2.24, 2.45) is 22.5 Å². The van der Waals surface area contributed by atoms with Crippen LogP contribution in [0.4, 0.5) is 5.69 Å². The van der Waals surface area contributed by atoms with Gasteiger partial charge in [-0.25, -0.2) is 0 Å². The van der Waals surface area contributed by atoms with Crippen LogP contribution in [-0.4, -0.2) is 64.9 Å². The molecular formula is C34H61N3O6. The van der Waals surface area contributed by atoms with Crippen LogP contribution in [0, 0.1) is 16.7 Å². The molecule has 0 aliphatic carbocycles. The van der Waals surface area contributed by atoms with Crippen LogP contribution in [0.5, 0.6) is 0 Å². The number of nitrogens with two attached hydrogens (primary N) is 1. The van der Waals surface area contributed by atoms with Crippen molar-refractivity contribution in [3.8, 4) is 0 Å². The van der Waals surface area contributed by atoms with Crippen molar-refractivity contribution >= 4 is 23.5 Å². The minimum absolute atomic E-state index is 0.0300. The number of aliphatic hydroxyl groups excluding tert-OH is 1. The molecule has 9 nitrogen and oxygen atoms in total. The number of aliphatic carboxylic acids is 1. The van der Waals surface area contributed by atoms with Gasteiger partial charge in [0, 0.05) is 42.4 Å². The number of amides is 2. The molecule has 0 saturated carbocycles. The zero-order chi connectivity index (χ0) is 33.6. The smallest absolute Gasteiger partial charge is 0.309 e. The molecule has 1 rings (SSSR count). The number of anilines is 1. The van der Waals surface area contributed by atoms with E-state index in [0.29, 0.717) is 31.9 Å². The lowest BCUT2D eigenvalue weighted by atomic mass is 9.74. The number of nitrogens with one attached hydrogen (secondary N) is 1. The first-order valence-electron chi connectivity index (χ1n) is 15.5. The van der Waals surface area contributed by atoms with E-state index in [1.165, 1.54) is 0 Å². The van der Waals surface area contributed by atoms with Gasteiger partial charge in [0.2, 0.25) is 11.8 Å². The molecule has 1 atom stereocenters. The standard InChI is InChI=1S/C29H48N2O5.C5H13NO/c1-21(2)15-17-30-24(32)19-29(8,9)36-18-16-22(3)31(23-13-11-10-12-14-23)25(33)27(4,5)20-28(6,7)26(34)35;1-5(2,6)3-4-7/h10-14,21-22H,15-20H2,1-9H3,(H,30,32)(H,34,35);7H,3-4,6H2,1-2H3. The highest BCUT2D eigenvalue weighted by Gasteiger charge is 2.42. The number of hydrogen-bond donors (Lipinski definition) is 4. The van der Waals surface area contributed by atoms with E-state index < -0.39 is 22.4 Å². The van der Waals surface area contributed by atoms with E-state index in [4.69, 9.17) is 15.6 Å². The van der Waals surface area contributed by atoms with E-state index in [0.717, 1.165) is 12.1 Å². The number of ether oxygens (including phenoxy) is 1. The number of carbonyl (C=O) groups is 3. The summed E-state index contributed by atoms with van der Waals surface area (Å²) in [6.45, 7) is 21.9. The number of benzene rings is 1. The van der Waals surface area contributed by atoms with Gasteiger partial charge in [0.05, 0.1) is 17.4 Å². The monoisotopic (exact) mass is 607 g/mol. The summed E-state index contributed by atoms with van der Waals surface area (Å²) >= 11 is 0. The van der Waals surface area contributed by atoms with Crippen LogP contribution in [0.1, 0.15) is 108 Å². The van der Waals surface area contributed by atoms with Crippen LogP contribution in [0.2, 0.25) is 0 Å². The van der Waals surface area contributed by atoms with Gasteiger partial charge in [-0.3, -0.25) is 14.4 Å². The molecule has 0 aliphatic heterocycles. The lowest BCUT2D eigenvalue weighted by molar-refractivity contribution is -0.149. The second kappa shape index (κ2) is 17.7. The molecule has 1 unspecified atom stereocenters. The molecule has 0 radical (unpaired) electrons. The highest BCUT2D eigenvalue weighted by molar-refractivity contribution is 5.98. The minimum Gasteiger partial charge on any atom is -0.481 e. The Morgan fingerprint density at radius 1 is 0.930 bits per heavy atom. The summed E-state index contributed by atoms with van der Waals surface area (Å²) in [4.78, 5) is 39.6. The highest BCUT2D eigenvalue weighted by atomic mass is 16.5. The fourth-order valence-electron chi connectivity index (χ4n) is 4.67. The maximum Gasteiger partial charge on any atom is 0.309 e. The van der Waals surface area contributed by atoms with Crippen LogP contribution in [0.3, 0.4) is 0 Å². The molecule has 1 aromatic carbocycles. The molecule has 0 aromatic heterocycles. The van der Waals surface area contributed by atoms with E-state index in [1.54, 1.807) is 32.6 Å². The third-order valence-corrected chi connectivity index (χ3v) is 7.15. The Labute approximate surface area is 260 Å². The third-order valence-electron chi connectivity index (χ3n) is 7.15. The summed E-state index contributed by atoms with van der Waals surface area (Å²) in [5, 5.41) is 20.9. The Hall–Kier alpha value is -2.49. The Balaban J connectivity index is 0.00000223. The molecule has 5 N–H and O–H groups in total. The van der Waals surface area contributed by atoms with Gasteiger partial charge in [0.15, 0.2) is 0 Å². The fourth-order valence-corrected chi connectivity index (χ4v) is 4.67. The van der Waals surface area contributed by atoms with Gasteiger partial charge >= 0.3 is 5.97 Å². The van der Waals surface area contributed by atoms with Gasteiger partial charge in [0.1, 0.15) is 0 Å². The summed E-state index contributed by atoms with van der Waals surface area (Å²) in [7, 11) is 0. The van der Waals surface area contributed by atoms with Crippen molar-refractivity contribution in [2.75, 3.05) is 24.7 Å². The predicted molar refractivity (Wildman–Crippen MR) is 175 cm³/mol. The average molecular weight is 608 g/mol. The van der Waals surface area contributed by atoms with Gasteiger partial charge in [-0.05, 0) is 92.2 Å². The molecule has 0 saturated heterocycles. The summed E-state index contributed by atoms with van der Waals surface area (Å²) in [5.41, 5.74) is 3.50. The fraction of sp³-hybridized carbons (Fsp3) is 0.735. The number of nitrogens with zero attached hydrogens (tertiary/aromatic N) is 1. The first kappa shape index (κ1) is 40.5. The number of hydrogen-bond acceptors (Lipinski definition) is 6. The molecular weight excluding hydrogens is 546 g/mol. The Morgan fingerprint density at radius 3 is 1.93 bits per heavy atom. The first-order valence-corrected chi connectivity index (χ1v) is 15.5. The Kier molecular flexibility index (Phi) is 16.7. The summed E-state index contributed by atoms with van der Waals surface area (Å²) in [6.07, 6.45) is 2.65. The van der Waals surface area contributed by atoms with Crippen molar-refractivity contribution in [3.63, 3.8) is 0 Å². The lowest BCUT2D eigenvalue weighted by Crippen LogP contribution is -2.48. The quantitative estimate of drug-likeness (QED) is 0.176.